The highest BCUT2D eigenvalue weighted by Crippen LogP contribution is 2.74. The van der Waals surface area contributed by atoms with Gasteiger partial charge in [-0.1, -0.05) is 53.2 Å². The molecule has 1 saturated heterocycles. The number of allylic oxidation sites excluding steroid dienone is 4. The van der Waals surface area contributed by atoms with Crippen LogP contribution < -0.4 is 0 Å². The molecule has 1 heterocycles. The Bertz CT molecular complexity index is 1280. The fraction of sp³-hybridized carbons (Fsp3) is 0.771. The van der Waals surface area contributed by atoms with E-state index in [-0.39, 0.29) is 51.1 Å². The van der Waals surface area contributed by atoms with E-state index in [1.807, 2.05) is 17.1 Å². The van der Waals surface area contributed by atoms with Crippen molar-refractivity contribution in [3.05, 3.63) is 23.3 Å². The maximum atomic E-state index is 14.6. The molecule has 5 nitrogen and oxygen atoms in total. The maximum Gasteiger partial charge on any atom is 0.236 e. The average molecular weight is 545 g/mol. The lowest BCUT2D eigenvalue weighted by Crippen LogP contribution is -2.67. The van der Waals surface area contributed by atoms with Gasteiger partial charge in [0.15, 0.2) is 11.6 Å². The van der Waals surface area contributed by atoms with Crippen LogP contribution in [0.4, 0.5) is 0 Å². The van der Waals surface area contributed by atoms with Crippen LogP contribution in [0.5, 0.6) is 0 Å². The lowest BCUT2D eigenvalue weighted by atomic mass is 9.33. The maximum absolute atomic E-state index is 14.6. The fourth-order valence-corrected chi connectivity index (χ4v) is 11.5. The van der Waals surface area contributed by atoms with Gasteiger partial charge in [-0.05, 0) is 104 Å². The Hall–Kier alpha value is -2.22. The molecule has 0 aromatic heterocycles. The van der Waals surface area contributed by atoms with Crippen LogP contribution in [-0.4, -0.2) is 35.5 Å². The molecule has 1 amide bonds. The van der Waals surface area contributed by atoms with Crippen LogP contribution in [0.25, 0.3) is 0 Å². The highest BCUT2D eigenvalue weighted by molar-refractivity contribution is 6.16. The van der Waals surface area contributed by atoms with Gasteiger partial charge >= 0.3 is 0 Å². The van der Waals surface area contributed by atoms with Crippen molar-refractivity contribution in [2.45, 2.75) is 99.8 Å². The number of carbonyl (C=O) groups is 3. The number of hydrogen-bond acceptors (Lipinski definition) is 4. The lowest BCUT2D eigenvalue weighted by molar-refractivity contribution is -0.179. The van der Waals surface area contributed by atoms with Gasteiger partial charge < -0.3 is 4.90 Å². The number of ketones is 2. The third-order valence-corrected chi connectivity index (χ3v) is 14.1. The third kappa shape index (κ3) is 3.23. The third-order valence-electron chi connectivity index (χ3n) is 14.1. The standard InChI is InChI=1S/C35H48N2O3/c1-21-10-12-31(3)14-15-33(5)24(27(31)22(21)2)18-25(38)28-32(4)19-23(20-36)29(39)35(7,26(32)11-13-34(28,33)6)30(40)37-16-8-9-17-37/h18-19,21-22,26-28H,8-17H2,1-7H3/t21-,22+,26-,27+,28-,31-,32+,33-,34-,35-/m1/s1. The van der Waals surface area contributed by atoms with E-state index in [2.05, 4.69) is 47.6 Å². The van der Waals surface area contributed by atoms with Gasteiger partial charge in [0.25, 0.3) is 0 Å². The summed E-state index contributed by atoms with van der Waals surface area (Å²) in [6.07, 6.45) is 12.0. The number of nitrogens with zero attached hydrogens (tertiary/aromatic N) is 2. The summed E-state index contributed by atoms with van der Waals surface area (Å²) in [4.78, 5) is 44.5. The molecule has 0 aromatic rings. The lowest BCUT2D eigenvalue weighted by Gasteiger charge is -2.69. The first-order valence-corrected chi connectivity index (χ1v) is 15.9. The molecule has 0 radical (unpaired) electrons. The molecule has 0 N–H and O–H groups in total. The molecule has 4 fully saturated rings. The zero-order valence-electron chi connectivity index (χ0n) is 25.7. The Kier molecular flexibility index (Phi) is 6.04. The fourth-order valence-electron chi connectivity index (χ4n) is 11.5. The van der Waals surface area contributed by atoms with Crippen molar-refractivity contribution >= 4 is 17.5 Å². The molecule has 216 valence electrons. The molecule has 10 atom stereocenters. The van der Waals surface area contributed by atoms with Crippen molar-refractivity contribution in [3.8, 4) is 6.07 Å². The van der Waals surface area contributed by atoms with Crippen molar-refractivity contribution in [3.63, 3.8) is 0 Å². The number of fused-ring (bicyclic) bond motifs is 7. The van der Waals surface area contributed by atoms with Crippen molar-refractivity contribution in [1.29, 1.82) is 5.26 Å². The van der Waals surface area contributed by atoms with Crippen molar-refractivity contribution in [2.24, 2.45) is 56.7 Å². The minimum Gasteiger partial charge on any atom is -0.342 e. The van der Waals surface area contributed by atoms with Gasteiger partial charge in [0, 0.05) is 24.4 Å². The van der Waals surface area contributed by atoms with E-state index in [1.54, 1.807) is 6.92 Å². The minimum absolute atomic E-state index is 0.0664. The second-order valence-corrected chi connectivity index (χ2v) is 15.8. The molecule has 5 heteroatoms. The topological polar surface area (TPSA) is 78.2 Å². The highest BCUT2D eigenvalue weighted by atomic mass is 16.2. The minimum atomic E-state index is -1.32. The van der Waals surface area contributed by atoms with Crippen molar-refractivity contribution in [1.82, 2.24) is 4.90 Å². The van der Waals surface area contributed by atoms with E-state index in [1.165, 1.54) is 24.8 Å². The molecule has 0 bridgehead atoms. The summed E-state index contributed by atoms with van der Waals surface area (Å²) in [5.41, 5.74) is -0.833. The van der Waals surface area contributed by atoms with Crippen LogP contribution in [0.15, 0.2) is 23.3 Å². The summed E-state index contributed by atoms with van der Waals surface area (Å²) < 4.78 is 0. The number of hydrogen-bond donors (Lipinski definition) is 0. The predicted octanol–water partition coefficient (Wildman–Crippen LogP) is 6.68. The summed E-state index contributed by atoms with van der Waals surface area (Å²) in [6.45, 7) is 17.2. The number of Topliss-reactive ketones (excluding diaryl/α,β-unsaturated/α-hetero) is 1. The van der Waals surface area contributed by atoms with E-state index in [0.717, 1.165) is 25.7 Å². The summed E-state index contributed by atoms with van der Waals surface area (Å²) in [7, 11) is 0. The van der Waals surface area contributed by atoms with Crippen molar-refractivity contribution < 1.29 is 14.4 Å². The first kappa shape index (κ1) is 27.9. The Morgan fingerprint density at radius 2 is 1.65 bits per heavy atom. The molecular formula is C35H48N2O3. The Morgan fingerprint density at radius 1 is 0.975 bits per heavy atom. The summed E-state index contributed by atoms with van der Waals surface area (Å²) in [6, 6.07) is 2.17. The zero-order valence-corrected chi connectivity index (χ0v) is 25.7. The number of nitriles is 1. The molecule has 6 aliphatic rings. The average Bonchev–Trinajstić information content (AvgIpc) is 3.44. The molecule has 40 heavy (non-hydrogen) atoms. The van der Waals surface area contributed by atoms with Gasteiger partial charge in [-0.2, -0.15) is 5.26 Å². The van der Waals surface area contributed by atoms with Gasteiger partial charge in [0.2, 0.25) is 5.91 Å². The van der Waals surface area contributed by atoms with Crippen LogP contribution >= 0.6 is 0 Å². The largest absolute Gasteiger partial charge is 0.342 e. The molecule has 6 rings (SSSR count). The Balaban J connectivity index is 1.51. The predicted molar refractivity (Wildman–Crippen MR) is 155 cm³/mol. The quantitative estimate of drug-likeness (QED) is 0.345. The van der Waals surface area contributed by atoms with E-state index < -0.39 is 10.8 Å². The molecule has 0 spiro atoms. The molecule has 0 unspecified atom stereocenters. The van der Waals surface area contributed by atoms with E-state index in [0.29, 0.717) is 37.3 Å². The Labute approximate surface area is 240 Å². The Morgan fingerprint density at radius 3 is 2.30 bits per heavy atom. The molecule has 3 saturated carbocycles. The molecule has 0 aromatic carbocycles. The van der Waals surface area contributed by atoms with Gasteiger partial charge in [-0.3, -0.25) is 14.4 Å². The van der Waals surface area contributed by atoms with Crippen LogP contribution in [-0.2, 0) is 14.4 Å². The van der Waals surface area contributed by atoms with E-state index in [4.69, 9.17) is 0 Å². The first-order chi connectivity index (χ1) is 18.7. The molecular weight excluding hydrogens is 496 g/mol. The van der Waals surface area contributed by atoms with Crippen LogP contribution in [0, 0.1) is 68.0 Å². The number of amides is 1. The van der Waals surface area contributed by atoms with Crippen LogP contribution in [0.1, 0.15) is 99.8 Å². The monoisotopic (exact) mass is 544 g/mol. The first-order valence-electron chi connectivity index (χ1n) is 15.9. The van der Waals surface area contributed by atoms with Gasteiger partial charge in [0.1, 0.15) is 11.5 Å². The van der Waals surface area contributed by atoms with E-state index >= 15 is 0 Å². The van der Waals surface area contributed by atoms with Crippen LogP contribution in [0.3, 0.4) is 0 Å². The number of likely N-dealkylation sites (tertiary alicyclic amines) is 1. The normalized spacial score (nSPS) is 50.0. The highest BCUT2D eigenvalue weighted by Gasteiger charge is 2.72. The summed E-state index contributed by atoms with van der Waals surface area (Å²) in [5.74, 6) is 0.567. The number of carbonyl (C=O) groups excluding carboxylic acids is 3. The number of rotatable bonds is 1. The molecule has 5 aliphatic carbocycles. The zero-order chi connectivity index (χ0) is 29.0. The summed E-state index contributed by atoms with van der Waals surface area (Å²) in [5, 5.41) is 10.2. The van der Waals surface area contributed by atoms with E-state index in [9.17, 15) is 19.6 Å². The second-order valence-electron chi connectivity index (χ2n) is 15.8. The van der Waals surface area contributed by atoms with Gasteiger partial charge in [-0.25, -0.2) is 0 Å². The van der Waals surface area contributed by atoms with Gasteiger partial charge in [0.05, 0.1) is 5.57 Å². The van der Waals surface area contributed by atoms with Gasteiger partial charge in [-0.15, -0.1) is 0 Å². The SMILES string of the molecule is C[C@H]1[C@H](C)CC[C@]2(C)CC[C@]3(C)C(=CC(=O)[C@@H]4[C@@]5(C)C=C(C#N)C(=O)[C@](C)(C(=O)N6CCCC6)[C@@H]5CC[C@]43C)[C@H]12. The van der Waals surface area contributed by atoms with Crippen LogP contribution in [0.2, 0.25) is 0 Å². The second kappa shape index (κ2) is 8.65. The smallest absolute Gasteiger partial charge is 0.236 e. The van der Waals surface area contributed by atoms with Crippen molar-refractivity contribution in [2.75, 3.05) is 13.1 Å². The summed E-state index contributed by atoms with van der Waals surface area (Å²) >= 11 is 0. The molecule has 1 aliphatic heterocycles.